The van der Waals surface area contributed by atoms with E-state index in [4.69, 9.17) is 4.74 Å². The Labute approximate surface area is 166 Å². The SMILES string of the molecule is Cc1ccccc1-n1nc2c(c1NC(=O)[C@@H](C)Oc1ccccc1)C[S@](=O)C2. The van der Waals surface area contributed by atoms with Crippen molar-refractivity contribution in [3.05, 3.63) is 71.4 Å². The molecule has 0 fully saturated rings. The van der Waals surface area contributed by atoms with E-state index in [1.165, 1.54) is 0 Å². The van der Waals surface area contributed by atoms with Gasteiger partial charge in [0.25, 0.3) is 5.91 Å². The zero-order valence-corrected chi connectivity index (χ0v) is 16.5. The molecule has 0 bridgehead atoms. The minimum absolute atomic E-state index is 0.279. The molecule has 0 spiro atoms. The Morgan fingerprint density at radius 1 is 1.14 bits per heavy atom. The van der Waals surface area contributed by atoms with Crippen LogP contribution in [-0.4, -0.2) is 26.0 Å². The smallest absolute Gasteiger partial charge is 0.266 e. The zero-order valence-electron chi connectivity index (χ0n) is 15.7. The molecule has 0 saturated heterocycles. The van der Waals surface area contributed by atoms with Gasteiger partial charge in [0.1, 0.15) is 11.6 Å². The molecule has 1 amide bonds. The standard InChI is InChI=1S/C21H21N3O3S/c1-14-8-6-7-11-19(14)24-20(17-12-28(26)13-18(17)23-24)22-21(25)15(2)27-16-9-4-3-5-10-16/h3-11,15H,12-13H2,1-2H3,(H,22,25)/t15-,28+/m1/s1. The number of carbonyl (C=O) groups is 1. The second kappa shape index (κ2) is 7.59. The molecule has 4 rings (SSSR count). The van der Waals surface area contributed by atoms with Crippen LogP contribution in [0, 0.1) is 6.92 Å². The first-order chi connectivity index (χ1) is 13.5. The van der Waals surface area contributed by atoms with E-state index < -0.39 is 16.9 Å². The number of hydrogen-bond donors (Lipinski definition) is 1. The van der Waals surface area contributed by atoms with Gasteiger partial charge in [0.05, 0.1) is 22.9 Å². The van der Waals surface area contributed by atoms with E-state index in [9.17, 15) is 9.00 Å². The number of ether oxygens (including phenoxy) is 1. The molecule has 1 N–H and O–H groups in total. The van der Waals surface area contributed by atoms with Crippen LogP contribution in [0.15, 0.2) is 54.6 Å². The number of aromatic nitrogens is 2. The van der Waals surface area contributed by atoms with Gasteiger partial charge in [0.15, 0.2) is 6.10 Å². The zero-order chi connectivity index (χ0) is 19.7. The third kappa shape index (κ3) is 3.57. The van der Waals surface area contributed by atoms with Crippen LogP contribution in [0.3, 0.4) is 0 Å². The van der Waals surface area contributed by atoms with Gasteiger partial charge in [0, 0.05) is 16.4 Å². The van der Waals surface area contributed by atoms with Gasteiger partial charge in [-0.2, -0.15) is 5.10 Å². The van der Waals surface area contributed by atoms with Crippen molar-refractivity contribution in [1.29, 1.82) is 0 Å². The second-order valence-electron chi connectivity index (χ2n) is 6.76. The van der Waals surface area contributed by atoms with Crippen molar-refractivity contribution in [1.82, 2.24) is 9.78 Å². The summed E-state index contributed by atoms with van der Waals surface area (Å²) in [6, 6.07) is 17.1. The highest BCUT2D eigenvalue weighted by molar-refractivity contribution is 7.83. The highest BCUT2D eigenvalue weighted by atomic mass is 32.2. The number of fused-ring (bicyclic) bond motifs is 1. The molecule has 2 atom stereocenters. The number of para-hydroxylation sites is 2. The lowest BCUT2D eigenvalue weighted by atomic mass is 10.2. The van der Waals surface area contributed by atoms with Crippen LogP contribution in [0.1, 0.15) is 23.7 Å². The average molecular weight is 395 g/mol. The summed E-state index contributed by atoms with van der Waals surface area (Å²) >= 11 is 0. The third-order valence-corrected chi connectivity index (χ3v) is 5.89. The van der Waals surface area contributed by atoms with Crippen molar-refractivity contribution in [3.63, 3.8) is 0 Å². The molecule has 0 radical (unpaired) electrons. The van der Waals surface area contributed by atoms with E-state index in [1.54, 1.807) is 11.6 Å². The van der Waals surface area contributed by atoms with Crippen LogP contribution in [-0.2, 0) is 27.1 Å². The van der Waals surface area contributed by atoms with Crippen molar-refractivity contribution in [3.8, 4) is 11.4 Å². The van der Waals surface area contributed by atoms with Crippen molar-refractivity contribution >= 4 is 22.5 Å². The summed E-state index contributed by atoms with van der Waals surface area (Å²) in [6.07, 6.45) is -0.690. The molecule has 1 aliphatic rings. The Balaban J connectivity index is 1.64. The number of benzene rings is 2. The van der Waals surface area contributed by atoms with Crippen LogP contribution < -0.4 is 10.1 Å². The van der Waals surface area contributed by atoms with Crippen LogP contribution in [0.4, 0.5) is 5.82 Å². The molecule has 3 aromatic rings. The molecule has 28 heavy (non-hydrogen) atoms. The van der Waals surface area contributed by atoms with E-state index in [-0.39, 0.29) is 5.91 Å². The monoisotopic (exact) mass is 395 g/mol. The summed E-state index contributed by atoms with van der Waals surface area (Å²) in [4.78, 5) is 12.8. The highest BCUT2D eigenvalue weighted by Crippen LogP contribution is 2.32. The van der Waals surface area contributed by atoms with Crippen LogP contribution in [0.25, 0.3) is 5.69 Å². The summed E-state index contributed by atoms with van der Waals surface area (Å²) in [7, 11) is -0.984. The number of rotatable bonds is 5. The fourth-order valence-electron chi connectivity index (χ4n) is 3.21. The predicted molar refractivity (Wildman–Crippen MR) is 109 cm³/mol. The Morgan fingerprint density at radius 3 is 2.61 bits per heavy atom. The molecule has 144 valence electrons. The first-order valence-corrected chi connectivity index (χ1v) is 10.6. The first-order valence-electron chi connectivity index (χ1n) is 9.07. The molecule has 1 aromatic heterocycles. The second-order valence-corrected chi connectivity index (χ2v) is 8.22. The summed E-state index contributed by atoms with van der Waals surface area (Å²) in [6.45, 7) is 3.70. The molecule has 0 saturated carbocycles. The number of aryl methyl sites for hydroxylation is 1. The Hall–Kier alpha value is -2.93. The summed E-state index contributed by atoms with van der Waals surface area (Å²) in [5.41, 5.74) is 3.53. The van der Waals surface area contributed by atoms with E-state index in [2.05, 4.69) is 10.4 Å². The highest BCUT2D eigenvalue weighted by Gasteiger charge is 2.29. The number of amides is 1. The van der Waals surface area contributed by atoms with E-state index >= 15 is 0 Å². The fourth-order valence-corrected chi connectivity index (χ4v) is 4.47. The number of hydrogen-bond acceptors (Lipinski definition) is 4. The molecular weight excluding hydrogens is 374 g/mol. The van der Waals surface area contributed by atoms with E-state index in [0.717, 1.165) is 22.5 Å². The number of carbonyl (C=O) groups excluding carboxylic acids is 1. The lowest BCUT2D eigenvalue weighted by Crippen LogP contribution is -2.31. The fraction of sp³-hybridized carbons (Fsp3) is 0.238. The van der Waals surface area contributed by atoms with E-state index in [1.807, 2.05) is 61.5 Å². The minimum Gasteiger partial charge on any atom is -0.481 e. The Bertz CT molecular complexity index is 1050. The molecule has 6 nitrogen and oxygen atoms in total. The maximum absolute atomic E-state index is 12.8. The number of nitrogens with one attached hydrogen (secondary N) is 1. The number of anilines is 1. The quantitative estimate of drug-likeness (QED) is 0.719. The molecule has 0 aliphatic carbocycles. The normalized spacial score (nSPS) is 16.4. The summed E-state index contributed by atoms with van der Waals surface area (Å²) in [5, 5.41) is 7.60. The van der Waals surface area contributed by atoms with Gasteiger partial charge in [-0.15, -0.1) is 0 Å². The van der Waals surface area contributed by atoms with Crippen LogP contribution in [0.2, 0.25) is 0 Å². The molecule has 7 heteroatoms. The van der Waals surface area contributed by atoms with Crippen molar-refractivity contribution in [2.45, 2.75) is 31.5 Å². The average Bonchev–Trinajstić information content (AvgIpc) is 3.20. The topological polar surface area (TPSA) is 73.2 Å². The molecule has 0 unspecified atom stereocenters. The molecular formula is C21H21N3O3S. The maximum Gasteiger partial charge on any atom is 0.266 e. The van der Waals surface area contributed by atoms with Crippen LogP contribution >= 0.6 is 0 Å². The van der Waals surface area contributed by atoms with Gasteiger partial charge in [-0.1, -0.05) is 36.4 Å². The summed E-state index contributed by atoms with van der Waals surface area (Å²) in [5.74, 6) is 1.73. The van der Waals surface area contributed by atoms with Gasteiger partial charge < -0.3 is 10.1 Å². The lowest BCUT2D eigenvalue weighted by Gasteiger charge is -2.17. The van der Waals surface area contributed by atoms with Gasteiger partial charge in [-0.25, -0.2) is 4.68 Å². The van der Waals surface area contributed by atoms with Crippen molar-refractivity contribution in [2.24, 2.45) is 0 Å². The number of nitrogens with zero attached hydrogens (tertiary/aromatic N) is 2. The van der Waals surface area contributed by atoms with Gasteiger partial charge in [0.2, 0.25) is 0 Å². The molecule has 2 aromatic carbocycles. The van der Waals surface area contributed by atoms with Gasteiger partial charge in [-0.3, -0.25) is 9.00 Å². The molecule has 1 aliphatic heterocycles. The van der Waals surface area contributed by atoms with Crippen LogP contribution in [0.5, 0.6) is 5.75 Å². The lowest BCUT2D eigenvalue weighted by molar-refractivity contribution is -0.122. The Kier molecular flexibility index (Phi) is 5.00. The first kappa shape index (κ1) is 18.4. The summed E-state index contributed by atoms with van der Waals surface area (Å²) < 4.78 is 19.5. The van der Waals surface area contributed by atoms with E-state index in [0.29, 0.717) is 23.1 Å². The third-order valence-electron chi connectivity index (χ3n) is 4.68. The largest absolute Gasteiger partial charge is 0.481 e. The van der Waals surface area contributed by atoms with Gasteiger partial charge >= 0.3 is 0 Å². The van der Waals surface area contributed by atoms with Gasteiger partial charge in [-0.05, 0) is 37.6 Å². The van der Waals surface area contributed by atoms with Crippen molar-refractivity contribution < 1.29 is 13.7 Å². The minimum atomic E-state index is -0.984. The van der Waals surface area contributed by atoms with Crippen molar-refractivity contribution in [2.75, 3.05) is 5.32 Å². The maximum atomic E-state index is 12.8. The Morgan fingerprint density at radius 2 is 1.86 bits per heavy atom. The molecule has 2 heterocycles. The predicted octanol–water partition coefficient (Wildman–Crippen LogP) is 3.35.